The third-order valence-electron chi connectivity index (χ3n) is 15.7. The van der Waals surface area contributed by atoms with Crippen molar-refractivity contribution in [1.82, 2.24) is 0 Å². The SMILES string of the molecule is C1=CC(N(c2ccc(C3=Cc4sc5ccccc5c4CC3)cc2)C2C=CC3=C(C2)C2(c4ccccc43)c3ccccc3N(c3ccccc3)c3ccccc32)=C(c2cccc(-c3ccccc3)c2)CC1. The van der Waals surface area contributed by atoms with Crippen LogP contribution in [0.5, 0.6) is 0 Å². The van der Waals surface area contributed by atoms with Crippen LogP contribution < -0.4 is 9.80 Å². The van der Waals surface area contributed by atoms with Crippen molar-refractivity contribution < 1.29 is 0 Å². The highest BCUT2D eigenvalue weighted by atomic mass is 32.1. The number of anilines is 4. The van der Waals surface area contributed by atoms with E-state index in [1.807, 2.05) is 11.3 Å². The van der Waals surface area contributed by atoms with Crippen molar-refractivity contribution in [3.05, 3.63) is 286 Å². The summed E-state index contributed by atoms with van der Waals surface area (Å²) in [6, 6.07) is 77.2. The zero-order valence-corrected chi connectivity index (χ0v) is 39.7. The molecule has 1 aromatic heterocycles. The van der Waals surface area contributed by atoms with E-state index in [4.69, 9.17) is 0 Å². The van der Waals surface area contributed by atoms with Crippen molar-refractivity contribution in [3.8, 4) is 11.1 Å². The molecule has 0 fully saturated rings. The fourth-order valence-corrected chi connectivity index (χ4v) is 13.9. The number of nitrogens with zero attached hydrogens (tertiary/aromatic N) is 2. The van der Waals surface area contributed by atoms with Crippen LogP contribution in [-0.2, 0) is 11.8 Å². The summed E-state index contributed by atoms with van der Waals surface area (Å²) in [4.78, 5) is 6.59. The number of thiophene rings is 1. The molecule has 1 unspecified atom stereocenters. The van der Waals surface area contributed by atoms with Crippen LogP contribution in [0.3, 0.4) is 0 Å². The van der Waals surface area contributed by atoms with Crippen LogP contribution in [0.15, 0.2) is 242 Å². The Morgan fingerprint density at radius 2 is 1.21 bits per heavy atom. The lowest BCUT2D eigenvalue weighted by Gasteiger charge is -2.47. The number of para-hydroxylation sites is 3. The first-order valence-corrected chi connectivity index (χ1v) is 25.8. The molecule has 14 rings (SSSR count). The molecule has 334 valence electrons. The lowest BCUT2D eigenvalue weighted by Crippen LogP contribution is -2.41. The van der Waals surface area contributed by atoms with E-state index < -0.39 is 5.41 Å². The maximum atomic E-state index is 2.69. The summed E-state index contributed by atoms with van der Waals surface area (Å²) >= 11 is 1.93. The molecule has 9 aromatic rings. The van der Waals surface area contributed by atoms with Crippen molar-refractivity contribution in [1.29, 1.82) is 0 Å². The van der Waals surface area contributed by atoms with Gasteiger partial charge < -0.3 is 9.80 Å². The molecule has 0 saturated heterocycles. The third-order valence-corrected chi connectivity index (χ3v) is 16.8. The number of fused-ring (bicyclic) bond motifs is 11. The fraction of sp³-hybridized carbons (Fsp3) is 0.104. The van der Waals surface area contributed by atoms with Crippen molar-refractivity contribution in [2.24, 2.45) is 0 Å². The molecule has 0 saturated carbocycles. The van der Waals surface area contributed by atoms with Gasteiger partial charge in [-0.15, -0.1) is 11.3 Å². The van der Waals surface area contributed by atoms with E-state index >= 15 is 0 Å². The summed E-state index contributed by atoms with van der Waals surface area (Å²) < 4.78 is 1.38. The first kappa shape index (κ1) is 41.0. The van der Waals surface area contributed by atoms with Gasteiger partial charge in [0.05, 0.1) is 22.8 Å². The Balaban J connectivity index is 0.934. The zero-order valence-electron chi connectivity index (χ0n) is 38.9. The molecule has 5 aliphatic rings. The zero-order chi connectivity index (χ0) is 46.2. The quantitative estimate of drug-likeness (QED) is 0.157. The molecule has 70 heavy (non-hydrogen) atoms. The largest absolute Gasteiger partial charge is 0.334 e. The van der Waals surface area contributed by atoms with E-state index in [1.54, 1.807) is 0 Å². The number of hydrogen-bond acceptors (Lipinski definition) is 3. The molecular formula is C67H50N2S. The first-order valence-electron chi connectivity index (χ1n) is 24.9. The average molecular weight is 915 g/mol. The van der Waals surface area contributed by atoms with Gasteiger partial charge in [-0.05, 0) is 171 Å². The predicted octanol–water partition coefficient (Wildman–Crippen LogP) is 17.5. The van der Waals surface area contributed by atoms with Crippen molar-refractivity contribution in [3.63, 3.8) is 0 Å². The Labute approximate surface area is 414 Å². The highest BCUT2D eigenvalue weighted by Crippen LogP contribution is 2.64. The van der Waals surface area contributed by atoms with Crippen LogP contribution in [-0.4, -0.2) is 6.04 Å². The van der Waals surface area contributed by atoms with Crippen molar-refractivity contribution in [2.75, 3.05) is 9.80 Å². The van der Waals surface area contributed by atoms with Gasteiger partial charge in [0.2, 0.25) is 0 Å². The molecule has 8 aromatic carbocycles. The lowest BCUT2D eigenvalue weighted by atomic mass is 9.62. The van der Waals surface area contributed by atoms with Gasteiger partial charge in [-0.25, -0.2) is 0 Å². The number of benzene rings is 8. The molecule has 2 nitrogen and oxygen atoms in total. The Kier molecular flexibility index (Phi) is 9.74. The van der Waals surface area contributed by atoms with Gasteiger partial charge in [0.25, 0.3) is 0 Å². The number of allylic oxidation sites excluding steroid dienone is 6. The van der Waals surface area contributed by atoms with Crippen LogP contribution in [0, 0.1) is 0 Å². The maximum Gasteiger partial charge on any atom is 0.0718 e. The lowest BCUT2D eigenvalue weighted by molar-refractivity contribution is 0.640. The standard InChI is InChI=1S/C67H50N2S/c1-3-18-45(19-4-1)47-20-17-21-49(42-47)53-24-8-13-30-62(53)68(51-37-34-46(35-38-51)48-36-40-57-56-26-9-16-33-65(56)70-66(57)43-48)52-39-41-55-54-25-7-10-27-58(54)67(61(55)44-52)59-28-11-14-31-63(59)69(50-22-5-2-6-23-50)64-32-15-12-29-60(64)67/h1-7,9-23,25-35,37-39,41-43,52H,8,24,36,40,44H2. The highest BCUT2D eigenvalue weighted by Gasteiger charge is 2.53. The summed E-state index contributed by atoms with van der Waals surface area (Å²) in [7, 11) is 0. The third kappa shape index (κ3) is 6.38. The van der Waals surface area contributed by atoms with Crippen molar-refractivity contribution in [2.45, 2.75) is 43.6 Å². The summed E-state index contributed by atoms with van der Waals surface area (Å²) in [6.45, 7) is 0. The van der Waals surface area contributed by atoms with Gasteiger partial charge in [0, 0.05) is 26.6 Å². The Morgan fingerprint density at radius 3 is 2.01 bits per heavy atom. The van der Waals surface area contributed by atoms with E-state index in [1.165, 1.54) is 116 Å². The molecule has 3 heteroatoms. The second kappa shape index (κ2) is 16.6. The molecule has 1 spiro atoms. The van der Waals surface area contributed by atoms with Crippen LogP contribution in [0.25, 0.3) is 44.0 Å². The van der Waals surface area contributed by atoms with Gasteiger partial charge in [-0.3, -0.25) is 0 Å². The van der Waals surface area contributed by atoms with E-state index in [0.29, 0.717) is 0 Å². The minimum Gasteiger partial charge on any atom is -0.334 e. The smallest absolute Gasteiger partial charge is 0.0718 e. The number of hydrogen-bond donors (Lipinski definition) is 0. The van der Waals surface area contributed by atoms with Crippen LogP contribution in [0.2, 0.25) is 0 Å². The Bertz CT molecular complexity index is 3650. The highest BCUT2D eigenvalue weighted by molar-refractivity contribution is 7.20. The predicted molar refractivity (Wildman–Crippen MR) is 296 cm³/mol. The van der Waals surface area contributed by atoms with Crippen molar-refractivity contribution >= 4 is 67.0 Å². The van der Waals surface area contributed by atoms with E-state index in [9.17, 15) is 0 Å². The summed E-state index contributed by atoms with van der Waals surface area (Å²) in [5.41, 5.74) is 23.2. The van der Waals surface area contributed by atoms with Gasteiger partial charge >= 0.3 is 0 Å². The summed E-state index contributed by atoms with van der Waals surface area (Å²) in [5.74, 6) is 0. The molecule has 4 aliphatic carbocycles. The van der Waals surface area contributed by atoms with E-state index in [2.05, 4.69) is 246 Å². The van der Waals surface area contributed by atoms with Crippen LogP contribution in [0.4, 0.5) is 22.7 Å². The van der Waals surface area contributed by atoms with Gasteiger partial charge in [0.15, 0.2) is 0 Å². The fourth-order valence-electron chi connectivity index (χ4n) is 12.6. The first-order chi connectivity index (χ1) is 34.7. The maximum absolute atomic E-state index is 2.69. The Hall–Kier alpha value is -7.98. The van der Waals surface area contributed by atoms with E-state index in [0.717, 1.165) is 32.1 Å². The van der Waals surface area contributed by atoms with Gasteiger partial charge in [0.1, 0.15) is 0 Å². The van der Waals surface area contributed by atoms with Gasteiger partial charge in [-0.2, -0.15) is 0 Å². The molecule has 0 N–H and O–H groups in total. The minimum absolute atomic E-state index is 0.0299. The molecule has 0 radical (unpaired) electrons. The average Bonchev–Trinajstić information content (AvgIpc) is 3.95. The number of aryl methyl sites for hydroxylation is 1. The van der Waals surface area contributed by atoms with Crippen LogP contribution in [0.1, 0.15) is 69.5 Å². The normalized spacial score (nSPS) is 17.2. The molecule has 0 bridgehead atoms. The number of rotatable bonds is 7. The Morgan fingerprint density at radius 1 is 0.543 bits per heavy atom. The minimum atomic E-state index is -0.495. The molecule has 1 atom stereocenters. The topological polar surface area (TPSA) is 6.48 Å². The molecular weight excluding hydrogens is 865 g/mol. The van der Waals surface area contributed by atoms with Crippen LogP contribution >= 0.6 is 11.3 Å². The summed E-state index contributed by atoms with van der Waals surface area (Å²) in [6.07, 6.45) is 17.2. The summed E-state index contributed by atoms with van der Waals surface area (Å²) in [5, 5.41) is 1.42. The second-order valence-electron chi connectivity index (χ2n) is 19.3. The van der Waals surface area contributed by atoms with Gasteiger partial charge in [-0.1, -0.05) is 176 Å². The second-order valence-corrected chi connectivity index (χ2v) is 20.4. The molecule has 2 heterocycles. The molecule has 0 amide bonds. The van der Waals surface area contributed by atoms with E-state index in [-0.39, 0.29) is 6.04 Å². The molecule has 1 aliphatic heterocycles. The monoisotopic (exact) mass is 914 g/mol.